The number of benzene rings is 1. The van der Waals surface area contributed by atoms with Gasteiger partial charge < -0.3 is 15.2 Å². The number of halogens is 1. The minimum atomic E-state index is -1.05. The second-order valence-electron chi connectivity index (χ2n) is 4.50. The lowest BCUT2D eigenvalue weighted by Gasteiger charge is -2.32. The number of carbonyl (C=O) groups excluding carboxylic acids is 1. The molecular weight excluding hydrogens is 267 g/mol. The molecule has 6 nitrogen and oxygen atoms in total. The van der Waals surface area contributed by atoms with Crippen molar-refractivity contribution in [2.75, 3.05) is 20.2 Å². The number of rotatable bonds is 4. The smallest absolute Gasteiger partial charge is 0.322 e. The number of carbonyl (C=O) groups is 2. The van der Waals surface area contributed by atoms with Gasteiger partial charge in [-0.05, 0) is 6.07 Å². The highest BCUT2D eigenvalue weighted by Crippen LogP contribution is 2.22. The van der Waals surface area contributed by atoms with Crippen molar-refractivity contribution in [2.24, 2.45) is 0 Å². The van der Waals surface area contributed by atoms with Crippen molar-refractivity contribution in [3.63, 3.8) is 0 Å². The molecule has 0 radical (unpaired) electrons. The Kier molecular flexibility index (Phi) is 4.19. The summed E-state index contributed by atoms with van der Waals surface area (Å²) in [6.07, 6.45) is 0. The molecule has 7 heteroatoms. The molecule has 1 aromatic rings. The predicted molar refractivity (Wildman–Crippen MR) is 67.8 cm³/mol. The Bertz CT molecular complexity index is 535. The molecular formula is C13H15FN2O4. The molecule has 0 spiro atoms. The fourth-order valence-electron chi connectivity index (χ4n) is 2.15. The molecule has 1 aliphatic rings. The molecule has 1 heterocycles. The number of carboxylic acids is 1. The third-order valence-corrected chi connectivity index (χ3v) is 3.20. The normalized spacial score (nSPS) is 19.5. The highest BCUT2D eigenvalue weighted by Gasteiger charge is 2.32. The first kappa shape index (κ1) is 14.3. The van der Waals surface area contributed by atoms with Gasteiger partial charge in [-0.2, -0.15) is 0 Å². The molecule has 108 valence electrons. The van der Waals surface area contributed by atoms with Crippen LogP contribution in [0.3, 0.4) is 0 Å². The largest absolute Gasteiger partial charge is 0.494 e. The summed E-state index contributed by atoms with van der Waals surface area (Å²) in [7, 11) is 1.36. The van der Waals surface area contributed by atoms with Crippen LogP contribution in [0.25, 0.3) is 0 Å². The highest BCUT2D eigenvalue weighted by atomic mass is 19.1. The molecule has 0 aromatic heterocycles. The van der Waals surface area contributed by atoms with Crippen LogP contribution >= 0.6 is 0 Å². The van der Waals surface area contributed by atoms with Gasteiger partial charge in [-0.1, -0.05) is 12.1 Å². The fourth-order valence-corrected chi connectivity index (χ4v) is 2.15. The number of carboxylic acid groups (broad SMARTS) is 1. The molecule has 1 aliphatic heterocycles. The number of ether oxygens (including phenoxy) is 1. The van der Waals surface area contributed by atoms with Gasteiger partial charge in [0, 0.05) is 18.7 Å². The summed E-state index contributed by atoms with van der Waals surface area (Å²) in [6, 6.07) is 3.79. The maximum absolute atomic E-state index is 14.1. The van der Waals surface area contributed by atoms with E-state index in [9.17, 15) is 14.0 Å². The van der Waals surface area contributed by atoms with Crippen LogP contribution in [-0.2, 0) is 16.1 Å². The number of amides is 1. The van der Waals surface area contributed by atoms with Gasteiger partial charge in [0.05, 0.1) is 13.7 Å². The van der Waals surface area contributed by atoms with E-state index < -0.39 is 17.8 Å². The zero-order valence-corrected chi connectivity index (χ0v) is 10.9. The molecule has 2 rings (SSSR count). The van der Waals surface area contributed by atoms with Gasteiger partial charge in [-0.25, -0.2) is 4.39 Å². The number of nitrogens with zero attached hydrogens (tertiary/aromatic N) is 1. The van der Waals surface area contributed by atoms with Crippen molar-refractivity contribution >= 4 is 11.9 Å². The van der Waals surface area contributed by atoms with Crippen LogP contribution in [0.2, 0.25) is 0 Å². The molecule has 1 amide bonds. The van der Waals surface area contributed by atoms with Gasteiger partial charge in [-0.15, -0.1) is 0 Å². The first-order valence-electron chi connectivity index (χ1n) is 6.08. The van der Waals surface area contributed by atoms with E-state index in [2.05, 4.69) is 5.32 Å². The Labute approximate surface area is 115 Å². The Morgan fingerprint density at radius 1 is 1.60 bits per heavy atom. The summed E-state index contributed by atoms with van der Waals surface area (Å²) in [5, 5.41) is 11.6. The van der Waals surface area contributed by atoms with Crippen LogP contribution in [0.15, 0.2) is 18.2 Å². The highest BCUT2D eigenvalue weighted by molar-refractivity contribution is 5.83. The number of hydrogen-bond acceptors (Lipinski definition) is 4. The lowest BCUT2D eigenvalue weighted by Crippen LogP contribution is -2.57. The molecule has 0 saturated carbocycles. The molecule has 20 heavy (non-hydrogen) atoms. The second kappa shape index (κ2) is 5.87. The van der Waals surface area contributed by atoms with Gasteiger partial charge in [0.2, 0.25) is 5.91 Å². The van der Waals surface area contributed by atoms with Crippen molar-refractivity contribution in [1.29, 1.82) is 0 Å². The van der Waals surface area contributed by atoms with E-state index in [0.717, 1.165) is 0 Å². The van der Waals surface area contributed by atoms with Crippen LogP contribution < -0.4 is 10.1 Å². The Hall–Kier alpha value is -2.15. The summed E-state index contributed by atoms with van der Waals surface area (Å²) in [6.45, 7) is -0.0270. The van der Waals surface area contributed by atoms with Gasteiger partial charge in [0.15, 0.2) is 11.6 Å². The molecule has 1 atom stereocenters. The van der Waals surface area contributed by atoms with Crippen LogP contribution in [0.5, 0.6) is 5.75 Å². The first-order chi connectivity index (χ1) is 9.52. The average molecular weight is 282 g/mol. The molecule has 2 N–H and O–H groups in total. The maximum Gasteiger partial charge on any atom is 0.322 e. The number of hydrogen-bond donors (Lipinski definition) is 2. The zero-order chi connectivity index (χ0) is 14.7. The summed E-state index contributed by atoms with van der Waals surface area (Å²) < 4.78 is 18.9. The van der Waals surface area contributed by atoms with E-state index in [1.54, 1.807) is 12.1 Å². The summed E-state index contributed by atoms with van der Waals surface area (Å²) in [5.41, 5.74) is 0.297. The molecule has 1 unspecified atom stereocenters. The Morgan fingerprint density at radius 3 is 3.00 bits per heavy atom. The summed E-state index contributed by atoms with van der Waals surface area (Å²) in [4.78, 5) is 24.0. The number of aliphatic carboxylic acids is 1. The number of methoxy groups -OCH3 is 1. The van der Waals surface area contributed by atoms with Crippen LogP contribution in [0.4, 0.5) is 4.39 Å². The second-order valence-corrected chi connectivity index (χ2v) is 4.50. The van der Waals surface area contributed by atoms with Gasteiger partial charge in [0.1, 0.15) is 6.04 Å². The van der Waals surface area contributed by atoms with E-state index in [-0.39, 0.29) is 31.3 Å². The number of nitrogens with one attached hydrogen (secondary N) is 1. The van der Waals surface area contributed by atoms with Crippen molar-refractivity contribution in [2.45, 2.75) is 12.6 Å². The van der Waals surface area contributed by atoms with Crippen molar-refractivity contribution < 1.29 is 23.8 Å². The lowest BCUT2D eigenvalue weighted by atomic mass is 10.1. The maximum atomic E-state index is 14.1. The van der Waals surface area contributed by atoms with E-state index in [0.29, 0.717) is 5.56 Å². The van der Waals surface area contributed by atoms with Crippen molar-refractivity contribution in [3.05, 3.63) is 29.6 Å². The number of piperazine rings is 1. The summed E-state index contributed by atoms with van der Waals surface area (Å²) in [5.74, 6) is -1.76. The summed E-state index contributed by atoms with van der Waals surface area (Å²) >= 11 is 0. The zero-order valence-electron chi connectivity index (χ0n) is 10.9. The third-order valence-electron chi connectivity index (χ3n) is 3.20. The Morgan fingerprint density at radius 2 is 2.35 bits per heavy atom. The quantitative estimate of drug-likeness (QED) is 0.826. The minimum Gasteiger partial charge on any atom is -0.494 e. The monoisotopic (exact) mass is 282 g/mol. The van der Waals surface area contributed by atoms with Crippen LogP contribution in [-0.4, -0.2) is 48.1 Å². The Balaban J connectivity index is 2.22. The third kappa shape index (κ3) is 2.88. The first-order valence-corrected chi connectivity index (χ1v) is 6.08. The minimum absolute atomic E-state index is 0.0136. The molecule has 1 fully saturated rings. The molecule has 0 bridgehead atoms. The van der Waals surface area contributed by atoms with E-state index in [1.807, 2.05) is 0 Å². The predicted octanol–water partition coefficient (Wildman–Crippen LogP) is 0.219. The van der Waals surface area contributed by atoms with Crippen molar-refractivity contribution in [3.8, 4) is 5.75 Å². The topological polar surface area (TPSA) is 78.9 Å². The lowest BCUT2D eigenvalue weighted by molar-refractivity contribution is -0.146. The molecule has 1 aromatic carbocycles. The van der Waals surface area contributed by atoms with E-state index in [4.69, 9.17) is 9.84 Å². The average Bonchev–Trinajstić information content (AvgIpc) is 2.41. The van der Waals surface area contributed by atoms with Crippen LogP contribution in [0, 0.1) is 5.82 Å². The van der Waals surface area contributed by atoms with Gasteiger partial charge >= 0.3 is 5.97 Å². The van der Waals surface area contributed by atoms with Crippen LogP contribution in [0.1, 0.15) is 5.56 Å². The fraction of sp³-hybridized carbons (Fsp3) is 0.385. The van der Waals surface area contributed by atoms with E-state index in [1.165, 1.54) is 18.1 Å². The van der Waals surface area contributed by atoms with E-state index >= 15 is 0 Å². The standard InChI is InChI=1S/C13H15FN2O4/c1-20-10-4-2-3-8(12(10)14)6-16-7-11(17)15-5-9(16)13(18)19/h2-4,9H,5-7H2,1H3,(H,15,17)(H,18,19). The molecule has 1 saturated heterocycles. The van der Waals surface area contributed by atoms with Gasteiger partial charge in [-0.3, -0.25) is 14.5 Å². The van der Waals surface area contributed by atoms with Crippen molar-refractivity contribution in [1.82, 2.24) is 10.2 Å². The molecule has 0 aliphatic carbocycles. The SMILES string of the molecule is COc1cccc(CN2CC(=O)NCC2C(=O)O)c1F. The van der Waals surface area contributed by atoms with Gasteiger partial charge in [0.25, 0.3) is 0 Å².